The Kier molecular flexibility index (Phi) is 3.79. The summed E-state index contributed by atoms with van der Waals surface area (Å²) in [5.74, 6) is -0.940. The van der Waals surface area contributed by atoms with E-state index in [1.54, 1.807) is 6.20 Å². The Morgan fingerprint density at radius 3 is 2.86 bits per heavy atom. The van der Waals surface area contributed by atoms with Crippen molar-refractivity contribution < 1.29 is 19.3 Å². The first-order valence-corrected chi connectivity index (χ1v) is 7.39. The van der Waals surface area contributed by atoms with E-state index >= 15 is 0 Å². The monoisotopic (exact) mass is 299 g/mol. The van der Waals surface area contributed by atoms with Crippen LogP contribution in [0.5, 0.6) is 0 Å². The Hall–Kier alpha value is -2.43. The number of carbonyl (C=O) groups is 2. The molecule has 2 heterocycles. The summed E-state index contributed by atoms with van der Waals surface area (Å²) < 4.78 is 4.95. The van der Waals surface area contributed by atoms with Crippen molar-refractivity contribution in [1.82, 2.24) is 5.32 Å². The molecule has 0 bridgehead atoms. The van der Waals surface area contributed by atoms with Crippen LogP contribution in [0.2, 0.25) is 0 Å². The van der Waals surface area contributed by atoms with E-state index in [-0.39, 0.29) is 17.6 Å². The first kappa shape index (κ1) is 14.5. The second-order valence-electron chi connectivity index (χ2n) is 5.59. The predicted octanol–water partition coefficient (Wildman–Crippen LogP) is 1.50. The molecular weight excluding hydrogens is 280 g/mol. The van der Waals surface area contributed by atoms with E-state index in [1.165, 1.54) is 7.11 Å². The molecule has 2 atom stereocenters. The number of aromatic amines is 1. The van der Waals surface area contributed by atoms with Gasteiger partial charge in [-0.25, -0.2) is 9.78 Å². The number of ether oxygens (including phenoxy) is 1. The molecule has 114 valence electrons. The summed E-state index contributed by atoms with van der Waals surface area (Å²) in [5, 5.41) is 3.22. The van der Waals surface area contributed by atoms with Crippen LogP contribution in [0, 0.1) is 5.92 Å². The zero-order chi connectivity index (χ0) is 15.7. The number of pyridine rings is 1. The number of hydrogen-bond donors (Lipinski definition) is 1. The average molecular weight is 299 g/mol. The molecule has 2 aliphatic rings. The lowest BCUT2D eigenvalue weighted by molar-refractivity contribution is -0.392. The van der Waals surface area contributed by atoms with Gasteiger partial charge in [-0.1, -0.05) is 12.1 Å². The molecule has 22 heavy (non-hydrogen) atoms. The summed E-state index contributed by atoms with van der Waals surface area (Å²) in [6, 6.07) is 5.68. The van der Waals surface area contributed by atoms with E-state index in [1.807, 2.05) is 25.1 Å². The molecule has 0 radical (unpaired) electrons. The van der Waals surface area contributed by atoms with Gasteiger partial charge in [0.15, 0.2) is 11.9 Å². The number of methoxy groups -OCH3 is 1. The second kappa shape index (κ2) is 5.75. The molecule has 0 aromatic carbocycles. The predicted molar refractivity (Wildman–Crippen MR) is 79.4 cm³/mol. The molecule has 2 unspecified atom stereocenters. The van der Waals surface area contributed by atoms with E-state index in [9.17, 15) is 9.59 Å². The van der Waals surface area contributed by atoms with Crippen molar-refractivity contribution in [3.63, 3.8) is 0 Å². The third-order valence-electron chi connectivity index (χ3n) is 4.29. The van der Waals surface area contributed by atoms with Crippen LogP contribution in [-0.2, 0) is 14.3 Å². The highest BCUT2D eigenvalue weighted by Gasteiger charge is 2.45. The van der Waals surface area contributed by atoms with Gasteiger partial charge in [0.2, 0.25) is 0 Å². The van der Waals surface area contributed by atoms with Crippen LogP contribution in [0.15, 0.2) is 47.4 Å². The number of H-pyrrole nitrogens is 1. The van der Waals surface area contributed by atoms with Gasteiger partial charge in [-0.2, -0.15) is 0 Å². The van der Waals surface area contributed by atoms with Crippen LogP contribution < -0.4 is 10.3 Å². The summed E-state index contributed by atoms with van der Waals surface area (Å²) in [5.41, 5.74) is 2.99. The van der Waals surface area contributed by atoms with Crippen LogP contribution in [0.25, 0.3) is 0 Å². The van der Waals surface area contributed by atoms with Gasteiger partial charge in [0.05, 0.1) is 24.5 Å². The molecule has 1 aliphatic carbocycles. The van der Waals surface area contributed by atoms with E-state index in [0.29, 0.717) is 12.0 Å². The molecule has 1 aromatic rings. The Morgan fingerprint density at radius 2 is 2.18 bits per heavy atom. The molecule has 0 spiro atoms. The fourth-order valence-electron chi connectivity index (χ4n) is 3.33. The fourth-order valence-corrected chi connectivity index (χ4v) is 3.33. The molecule has 0 saturated carbocycles. The van der Waals surface area contributed by atoms with Gasteiger partial charge < -0.3 is 10.1 Å². The van der Waals surface area contributed by atoms with Gasteiger partial charge in [0.25, 0.3) is 0 Å². The van der Waals surface area contributed by atoms with Gasteiger partial charge in [-0.15, -0.1) is 0 Å². The standard InChI is InChI=1S/C17H18N2O3/c1-10-14(17(21)22-2)16(11-6-3-4-9-18-11)15-12(19-10)7-5-8-13(15)20/h3-4,6-7,9,15-16,19H,5,8H2,1-2H3/p+1. The first-order valence-electron chi connectivity index (χ1n) is 7.39. The molecule has 0 amide bonds. The van der Waals surface area contributed by atoms with Crippen LogP contribution in [0.1, 0.15) is 31.4 Å². The lowest BCUT2D eigenvalue weighted by Crippen LogP contribution is -2.42. The second-order valence-corrected chi connectivity index (χ2v) is 5.59. The van der Waals surface area contributed by atoms with Crippen LogP contribution in [0.4, 0.5) is 0 Å². The van der Waals surface area contributed by atoms with Crippen molar-refractivity contribution in [2.24, 2.45) is 5.92 Å². The highest BCUT2D eigenvalue weighted by molar-refractivity contribution is 5.95. The van der Waals surface area contributed by atoms with Crippen molar-refractivity contribution in [2.75, 3.05) is 7.11 Å². The maximum absolute atomic E-state index is 12.5. The minimum Gasteiger partial charge on any atom is -0.466 e. The summed E-state index contributed by atoms with van der Waals surface area (Å²) in [7, 11) is 1.36. The van der Waals surface area contributed by atoms with Gasteiger partial charge in [-0.05, 0) is 13.3 Å². The molecular formula is C17H19N2O3+. The number of fused-ring (bicyclic) bond motifs is 1. The third-order valence-corrected chi connectivity index (χ3v) is 4.29. The number of ketones is 1. The first-order chi connectivity index (χ1) is 10.6. The van der Waals surface area contributed by atoms with Crippen molar-refractivity contribution in [2.45, 2.75) is 25.7 Å². The van der Waals surface area contributed by atoms with Crippen molar-refractivity contribution in [3.05, 3.63) is 53.1 Å². The van der Waals surface area contributed by atoms with E-state index in [0.717, 1.165) is 23.5 Å². The van der Waals surface area contributed by atoms with Crippen molar-refractivity contribution in [1.29, 1.82) is 0 Å². The van der Waals surface area contributed by atoms with Crippen LogP contribution >= 0.6 is 0 Å². The third kappa shape index (κ3) is 2.32. The summed E-state index contributed by atoms with van der Waals surface area (Å²) in [6.45, 7) is 1.85. The van der Waals surface area contributed by atoms with E-state index < -0.39 is 5.97 Å². The summed E-state index contributed by atoms with van der Waals surface area (Å²) in [4.78, 5) is 28.0. The zero-order valence-electron chi connectivity index (χ0n) is 12.7. The van der Waals surface area contributed by atoms with Crippen molar-refractivity contribution >= 4 is 11.8 Å². The highest BCUT2D eigenvalue weighted by Crippen LogP contribution is 2.42. The maximum atomic E-state index is 12.5. The Balaban J connectivity index is 2.18. The number of Topliss-reactive ketones (excluding diaryl/α,β-unsaturated/α-hetero) is 1. The van der Waals surface area contributed by atoms with Crippen molar-refractivity contribution in [3.8, 4) is 0 Å². The topological polar surface area (TPSA) is 69.5 Å². The number of carbonyl (C=O) groups excluding carboxylic acids is 2. The molecule has 5 nitrogen and oxygen atoms in total. The SMILES string of the molecule is COC(=O)C1=C(C)NC2=CCCC(=O)C2C1c1cccc[nH+]1. The highest BCUT2D eigenvalue weighted by atomic mass is 16.5. The lowest BCUT2D eigenvalue weighted by Gasteiger charge is -2.35. The number of allylic oxidation sites excluding steroid dienone is 3. The minimum atomic E-state index is -0.398. The Labute approximate surface area is 129 Å². The minimum absolute atomic E-state index is 0.154. The van der Waals surface area contributed by atoms with Crippen LogP contribution in [0.3, 0.4) is 0 Å². The largest absolute Gasteiger partial charge is 0.466 e. The molecule has 3 rings (SSSR count). The van der Waals surface area contributed by atoms with Gasteiger partial charge in [-0.3, -0.25) is 4.79 Å². The quantitative estimate of drug-likeness (QED) is 0.840. The van der Waals surface area contributed by atoms with E-state index in [2.05, 4.69) is 16.4 Å². The summed E-state index contributed by atoms with van der Waals surface area (Å²) >= 11 is 0. The fraction of sp³-hybridized carbons (Fsp3) is 0.353. The molecule has 1 aromatic heterocycles. The number of esters is 1. The Morgan fingerprint density at radius 1 is 1.36 bits per heavy atom. The smallest absolute Gasteiger partial charge is 0.336 e. The molecule has 2 N–H and O–H groups in total. The Bertz CT molecular complexity index is 676. The molecule has 0 fully saturated rings. The molecule has 1 aliphatic heterocycles. The maximum Gasteiger partial charge on any atom is 0.336 e. The molecule has 5 heteroatoms. The number of rotatable bonds is 2. The average Bonchev–Trinajstić information content (AvgIpc) is 2.54. The number of hydrogen-bond acceptors (Lipinski definition) is 4. The van der Waals surface area contributed by atoms with Gasteiger partial charge in [0, 0.05) is 29.9 Å². The summed E-state index contributed by atoms with van der Waals surface area (Å²) in [6.07, 6.45) is 5.11. The van der Waals surface area contributed by atoms with Gasteiger partial charge >= 0.3 is 5.97 Å². The lowest BCUT2D eigenvalue weighted by atomic mass is 9.72. The van der Waals surface area contributed by atoms with E-state index in [4.69, 9.17) is 4.74 Å². The van der Waals surface area contributed by atoms with Gasteiger partial charge in [0.1, 0.15) is 5.78 Å². The van der Waals surface area contributed by atoms with Crippen LogP contribution in [-0.4, -0.2) is 18.9 Å². The molecule has 0 saturated heterocycles. The number of nitrogens with one attached hydrogen (secondary N) is 2. The number of aromatic nitrogens is 1. The normalized spacial score (nSPS) is 24.3. The zero-order valence-corrected chi connectivity index (χ0v) is 12.7.